The fourth-order valence-corrected chi connectivity index (χ4v) is 1.59. The Hall–Kier alpha value is -2.20. The summed E-state index contributed by atoms with van der Waals surface area (Å²) in [5, 5.41) is 9.42. The maximum absolute atomic E-state index is 10.9. The summed E-state index contributed by atoms with van der Waals surface area (Å²) in [6.07, 6.45) is 0. The van der Waals surface area contributed by atoms with Gasteiger partial charge in [-0.3, -0.25) is 0 Å². The van der Waals surface area contributed by atoms with Crippen LogP contribution in [-0.2, 0) is 0 Å². The van der Waals surface area contributed by atoms with Crippen molar-refractivity contribution in [1.29, 1.82) is 0 Å². The van der Waals surface area contributed by atoms with E-state index in [0.717, 1.165) is 0 Å². The van der Waals surface area contributed by atoms with E-state index >= 15 is 0 Å². The Morgan fingerprint density at radius 2 is 2.00 bits per heavy atom. The third-order valence-corrected chi connectivity index (χ3v) is 2.52. The van der Waals surface area contributed by atoms with Gasteiger partial charge in [-0.1, -0.05) is 17.7 Å². The van der Waals surface area contributed by atoms with E-state index < -0.39 is 5.97 Å². The molecule has 0 aliphatic rings. The molecular weight excluding hydrogens is 254 g/mol. The summed E-state index contributed by atoms with van der Waals surface area (Å²) in [6, 6.07) is 11.1. The van der Waals surface area contributed by atoms with Crippen molar-refractivity contribution in [3.63, 3.8) is 0 Å². The molecule has 0 aromatic heterocycles. The number of aromatic carboxylic acids is 1. The lowest BCUT2D eigenvalue weighted by Crippen LogP contribution is -1.99. The molecule has 0 saturated heterocycles. The van der Waals surface area contributed by atoms with Crippen LogP contribution < -0.4 is 10.5 Å². The van der Waals surface area contributed by atoms with Crippen molar-refractivity contribution in [3.05, 3.63) is 53.1 Å². The van der Waals surface area contributed by atoms with Crippen LogP contribution in [0.1, 0.15) is 10.4 Å². The number of anilines is 1. The van der Waals surface area contributed by atoms with Crippen molar-refractivity contribution in [2.45, 2.75) is 0 Å². The lowest BCUT2D eigenvalue weighted by atomic mass is 10.2. The monoisotopic (exact) mass is 263 g/mol. The van der Waals surface area contributed by atoms with Gasteiger partial charge in [0.05, 0.1) is 11.3 Å². The molecule has 2 rings (SSSR count). The first-order valence-corrected chi connectivity index (χ1v) is 5.50. The van der Waals surface area contributed by atoms with E-state index in [1.54, 1.807) is 24.3 Å². The second kappa shape index (κ2) is 4.98. The van der Waals surface area contributed by atoms with Gasteiger partial charge in [-0.2, -0.15) is 0 Å². The number of hydrogen-bond acceptors (Lipinski definition) is 3. The maximum Gasteiger partial charge on any atom is 0.335 e. The highest BCUT2D eigenvalue weighted by Crippen LogP contribution is 2.29. The first-order valence-electron chi connectivity index (χ1n) is 5.12. The molecule has 0 unspecified atom stereocenters. The Kier molecular flexibility index (Phi) is 3.39. The largest absolute Gasteiger partial charge is 0.478 e. The number of ether oxygens (including phenoxy) is 1. The molecule has 0 heterocycles. The SMILES string of the molecule is Nc1ccc(C(=O)O)cc1Oc1cccc(Cl)c1. The number of hydrogen-bond donors (Lipinski definition) is 2. The molecular formula is C13H10ClNO3. The summed E-state index contributed by atoms with van der Waals surface area (Å²) < 4.78 is 5.51. The predicted octanol–water partition coefficient (Wildman–Crippen LogP) is 3.41. The molecule has 0 spiro atoms. The highest BCUT2D eigenvalue weighted by Gasteiger charge is 2.08. The minimum atomic E-state index is -1.04. The highest BCUT2D eigenvalue weighted by atomic mass is 35.5. The first-order chi connectivity index (χ1) is 8.56. The summed E-state index contributed by atoms with van der Waals surface area (Å²) in [6.45, 7) is 0. The van der Waals surface area contributed by atoms with Gasteiger partial charge in [0.2, 0.25) is 0 Å². The van der Waals surface area contributed by atoms with Gasteiger partial charge in [0, 0.05) is 5.02 Å². The quantitative estimate of drug-likeness (QED) is 0.833. The smallest absolute Gasteiger partial charge is 0.335 e. The second-order valence-electron chi connectivity index (χ2n) is 3.62. The summed E-state index contributed by atoms with van der Waals surface area (Å²) in [5.41, 5.74) is 6.20. The number of rotatable bonds is 3. The van der Waals surface area contributed by atoms with Crippen molar-refractivity contribution in [2.24, 2.45) is 0 Å². The Bertz CT molecular complexity index is 599. The fourth-order valence-electron chi connectivity index (χ4n) is 1.41. The first kappa shape index (κ1) is 12.3. The summed E-state index contributed by atoms with van der Waals surface area (Å²) in [5.74, 6) is -0.250. The molecule has 0 amide bonds. The molecule has 18 heavy (non-hydrogen) atoms. The van der Waals surface area contributed by atoms with E-state index in [9.17, 15) is 4.79 Å². The summed E-state index contributed by atoms with van der Waals surface area (Å²) >= 11 is 5.83. The van der Waals surface area contributed by atoms with Crippen LogP contribution in [0.3, 0.4) is 0 Å². The third-order valence-electron chi connectivity index (χ3n) is 2.28. The van der Waals surface area contributed by atoms with Gasteiger partial charge in [0.15, 0.2) is 5.75 Å². The molecule has 92 valence electrons. The van der Waals surface area contributed by atoms with E-state index in [1.165, 1.54) is 18.2 Å². The molecule has 0 fully saturated rings. The molecule has 0 atom stereocenters. The van der Waals surface area contributed by atoms with Gasteiger partial charge >= 0.3 is 5.97 Å². The number of benzene rings is 2. The molecule has 2 aromatic rings. The minimum Gasteiger partial charge on any atom is -0.478 e. The van der Waals surface area contributed by atoms with Crippen LogP contribution >= 0.6 is 11.6 Å². The Morgan fingerprint density at radius 1 is 1.22 bits per heavy atom. The van der Waals surface area contributed by atoms with Crippen LogP contribution in [0.25, 0.3) is 0 Å². The van der Waals surface area contributed by atoms with E-state index in [2.05, 4.69) is 0 Å². The molecule has 3 N–H and O–H groups in total. The molecule has 0 saturated carbocycles. The molecule has 5 heteroatoms. The molecule has 0 aliphatic carbocycles. The van der Waals surface area contributed by atoms with Crippen molar-refractivity contribution >= 4 is 23.3 Å². The predicted molar refractivity (Wildman–Crippen MR) is 69.3 cm³/mol. The normalized spacial score (nSPS) is 10.1. The van der Waals surface area contributed by atoms with Crippen LogP contribution in [0.4, 0.5) is 5.69 Å². The zero-order chi connectivity index (χ0) is 13.1. The Labute approximate surface area is 109 Å². The summed E-state index contributed by atoms with van der Waals surface area (Å²) in [7, 11) is 0. The zero-order valence-corrected chi connectivity index (χ0v) is 10.0. The standard InChI is InChI=1S/C13H10ClNO3/c14-9-2-1-3-10(7-9)18-12-6-8(13(16)17)4-5-11(12)15/h1-7H,15H2,(H,16,17). The molecule has 4 nitrogen and oxygen atoms in total. The lowest BCUT2D eigenvalue weighted by Gasteiger charge is -2.09. The molecule has 0 bridgehead atoms. The number of carboxylic acid groups (broad SMARTS) is 1. The number of nitrogens with two attached hydrogens (primary N) is 1. The number of halogens is 1. The van der Waals surface area contributed by atoms with Gasteiger partial charge in [-0.05, 0) is 36.4 Å². The third kappa shape index (κ3) is 2.73. The van der Waals surface area contributed by atoms with Crippen molar-refractivity contribution < 1.29 is 14.6 Å². The van der Waals surface area contributed by atoms with Crippen molar-refractivity contribution in [2.75, 3.05) is 5.73 Å². The fraction of sp³-hybridized carbons (Fsp3) is 0. The number of carbonyl (C=O) groups is 1. The van der Waals surface area contributed by atoms with Gasteiger partial charge in [-0.25, -0.2) is 4.79 Å². The van der Waals surface area contributed by atoms with Crippen LogP contribution in [-0.4, -0.2) is 11.1 Å². The van der Waals surface area contributed by atoms with Crippen molar-refractivity contribution in [1.82, 2.24) is 0 Å². The van der Waals surface area contributed by atoms with E-state index in [1.807, 2.05) is 0 Å². The molecule has 2 aromatic carbocycles. The van der Waals surface area contributed by atoms with Gasteiger partial charge in [0.1, 0.15) is 5.75 Å². The van der Waals surface area contributed by atoms with E-state index in [0.29, 0.717) is 16.5 Å². The summed E-state index contributed by atoms with van der Waals surface area (Å²) in [4.78, 5) is 10.9. The molecule has 0 aliphatic heterocycles. The second-order valence-corrected chi connectivity index (χ2v) is 4.05. The Morgan fingerprint density at radius 3 is 2.67 bits per heavy atom. The number of nitrogen functional groups attached to an aromatic ring is 1. The van der Waals surface area contributed by atoms with E-state index in [-0.39, 0.29) is 11.3 Å². The van der Waals surface area contributed by atoms with Crippen LogP contribution in [0.2, 0.25) is 5.02 Å². The number of carboxylic acids is 1. The zero-order valence-electron chi connectivity index (χ0n) is 9.26. The van der Waals surface area contributed by atoms with Gasteiger partial charge in [0.25, 0.3) is 0 Å². The average Bonchev–Trinajstić information content (AvgIpc) is 2.31. The lowest BCUT2D eigenvalue weighted by molar-refractivity contribution is 0.0696. The van der Waals surface area contributed by atoms with E-state index in [4.69, 9.17) is 27.2 Å². The van der Waals surface area contributed by atoms with Gasteiger partial charge in [-0.15, -0.1) is 0 Å². The average molecular weight is 264 g/mol. The Balaban J connectivity index is 2.33. The van der Waals surface area contributed by atoms with Crippen LogP contribution in [0.15, 0.2) is 42.5 Å². The van der Waals surface area contributed by atoms with Gasteiger partial charge < -0.3 is 15.6 Å². The topological polar surface area (TPSA) is 72.6 Å². The van der Waals surface area contributed by atoms with Crippen LogP contribution in [0.5, 0.6) is 11.5 Å². The highest BCUT2D eigenvalue weighted by molar-refractivity contribution is 6.30. The minimum absolute atomic E-state index is 0.112. The maximum atomic E-state index is 10.9. The molecule has 0 radical (unpaired) electrons. The van der Waals surface area contributed by atoms with Crippen molar-refractivity contribution in [3.8, 4) is 11.5 Å². The van der Waals surface area contributed by atoms with Crippen LogP contribution in [0, 0.1) is 0 Å².